The maximum Gasteiger partial charge on any atom is 0.262 e. The molecule has 0 saturated heterocycles. The maximum absolute atomic E-state index is 13.6. The first-order valence-electron chi connectivity index (χ1n) is 15.5. The van der Waals surface area contributed by atoms with Gasteiger partial charge in [-0.3, -0.25) is 24.1 Å². The molecule has 10 heteroatoms. The molecule has 4 N–H and O–H groups in total. The summed E-state index contributed by atoms with van der Waals surface area (Å²) in [6.45, 7) is 8.46. The Hall–Kier alpha value is -4.96. The van der Waals surface area contributed by atoms with Crippen molar-refractivity contribution in [1.82, 2.24) is 25.4 Å². The van der Waals surface area contributed by atoms with Crippen molar-refractivity contribution in [2.75, 3.05) is 44.6 Å². The van der Waals surface area contributed by atoms with Gasteiger partial charge in [0.1, 0.15) is 6.04 Å². The van der Waals surface area contributed by atoms with Crippen LogP contribution in [0.4, 0.5) is 5.69 Å². The van der Waals surface area contributed by atoms with Crippen LogP contribution in [0, 0.1) is 0 Å². The lowest BCUT2D eigenvalue weighted by Gasteiger charge is -2.25. The highest BCUT2D eigenvalue weighted by Crippen LogP contribution is 2.28. The lowest BCUT2D eigenvalue weighted by Crippen LogP contribution is -2.51. The van der Waals surface area contributed by atoms with Crippen molar-refractivity contribution in [2.45, 2.75) is 32.7 Å². The monoisotopic (exact) mass is 608 g/mol. The van der Waals surface area contributed by atoms with E-state index in [9.17, 15) is 19.2 Å². The van der Waals surface area contributed by atoms with E-state index in [0.717, 1.165) is 46.7 Å². The Morgan fingerprint density at radius 3 is 2.18 bits per heavy atom. The number of aromatic nitrogens is 1. The fourth-order valence-electron chi connectivity index (χ4n) is 5.66. The molecule has 0 aliphatic carbocycles. The highest BCUT2D eigenvalue weighted by atomic mass is 16.2. The molecule has 45 heavy (non-hydrogen) atoms. The molecule has 3 aromatic carbocycles. The summed E-state index contributed by atoms with van der Waals surface area (Å²) in [6, 6.07) is 20.7. The zero-order chi connectivity index (χ0) is 31.8. The van der Waals surface area contributed by atoms with Crippen molar-refractivity contribution in [1.29, 1.82) is 0 Å². The molecule has 1 aromatic heterocycles. The predicted octanol–water partition coefficient (Wildman–Crippen LogP) is 4.07. The van der Waals surface area contributed by atoms with E-state index in [4.69, 9.17) is 0 Å². The molecule has 2 heterocycles. The topological polar surface area (TPSA) is 127 Å². The number of benzene rings is 3. The Labute approximate surface area is 263 Å². The molecule has 1 aliphatic heterocycles. The molecule has 0 saturated carbocycles. The van der Waals surface area contributed by atoms with Crippen molar-refractivity contribution in [3.63, 3.8) is 0 Å². The summed E-state index contributed by atoms with van der Waals surface area (Å²) in [5.41, 5.74) is 3.86. The van der Waals surface area contributed by atoms with E-state index in [1.54, 1.807) is 36.4 Å². The van der Waals surface area contributed by atoms with Crippen LogP contribution in [0.15, 0.2) is 79.0 Å². The number of likely N-dealkylation sites (N-methyl/N-ethyl adjacent to an activating group) is 1. The van der Waals surface area contributed by atoms with Crippen LogP contribution < -0.4 is 16.0 Å². The predicted molar refractivity (Wildman–Crippen MR) is 175 cm³/mol. The van der Waals surface area contributed by atoms with Gasteiger partial charge in [0.25, 0.3) is 17.7 Å². The quantitative estimate of drug-likeness (QED) is 0.119. The number of anilines is 1. The second-order valence-corrected chi connectivity index (χ2v) is 11.0. The van der Waals surface area contributed by atoms with E-state index >= 15 is 0 Å². The number of nitrogens with one attached hydrogen (secondary N) is 4. The summed E-state index contributed by atoms with van der Waals surface area (Å²) in [6.07, 6.45) is 2.63. The molecule has 0 fully saturated rings. The third-order valence-electron chi connectivity index (χ3n) is 8.26. The smallest absolute Gasteiger partial charge is 0.262 e. The Balaban J connectivity index is 1.15. The molecular formula is C35H40N6O4. The van der Waals surface area contributed by atoms with Crippen LogP contribution in [-0.2, 0) is 11.2 Å². The van der Waals surface area contributed by atoms with E-state index in [2.05, 4.69) is 39.7 Å². The normalized spacial score (nSPS) is 13.3. The summed E-state index contributed by atoms with van der Waals surface area (Å²) >= 11 is 0. The summed E-state index contributed by atoms with van der Waals surface area (Å²) in [4.78, 5) is 59.3. The van der Waals surface area contributed by atoms with Gasteiger partial charge in [-0.2, -0.15) is 0 Å². The van der Waals surface area contributed by atoms with Crippen LogP contribution in [0.3, 0.4) is 0 Å². The van der Waals surface area contributed by atoms with Crippen molar-refractivity contribution in [3.05, 3.63) is 101 Å². The van der Waals surface area contributed by atoms with Gasteiger partial charge >= 0.3 is 0 Å². The maximum atomic E-state index is 13.6. The second kappa shape index (κ2) is 14.7. The lowest BCUT2D eigenvalue weighted by atomic mass is 10.0. The zero-order valence-electron chi connectivity index (χ0n) is 25.8. The fraction of sp³-hybridized carbons (Fsp3) is 0.314. The third kappa shape index (κ3) is 7.24. The number of aromatic amines is 1. The first-order chi connectivity index (χ1) is 21.9. The molecule has 4 amide bonds. The average Bonchev–Trinajstić information content (AvgIpc) is 3.59. The lowest BCUT2D eigenvalue weighted by molar-refractivity contribution is -0.125. The zero-order valence-corrected chi connectivity index (χ0v) is 25.8. The van der Waals surface area contributed by atoms with Gasteiger partial charge in [0.15, 0.2) is 0 Å². The molecule has 5 rings (SSSR count). The number of fused-ring (bicyclic) bond motifs is 2. The average molecular weight is 609 g/mol. The second-order valence-electron chi connectivity index (χ2n) is 11.0. The molecule has 0 spiro atoms. The summed E-state index contributed by atoms with van der Waals surface area (Å²) < 4.78 is 0. The van der Waals surface area contributed by atoms with E-state index in [-0.39, 0.29) is 18.2 Å². The van der Waals surface area contributed by atoms with E-state index < -0.39 is 17.9 Å². The Morgan fingerprint density at radius 1 is 0.822 bits per heavy atom. The number of rotatable bonds is 15. The summed E-state index contributed by atoms with van der Waals surface area (Å²) in [7, 11) is 0. The van der Waals surface area contributed by atoms with Gasteiger partial charge in [-0.15, -0.1) is 0 Å². The minimum Gasteiger partial charge on any atom is -0.385 e. The summed E-state index contributed by atoms with van der Waals surface area (Å²) in [5, 5.41) is 10.2. The Morgan fingerprint density at radius 2 is 1.49 bits per heavy atom. The van der Waals surface area contributed by atoms with Crippen molar-refractivity contribution >= 4 is 40.2 Å². The van der Waals surface area contributed by atoms with Gasteiger partial charge in [0.2, 0.25) is 5.91 Å². The molecule has 1 unspecified atom stereocenters. The van der Waals surface area contributed by atoms with E-state index in [1.807, 2.05) is 42.6 Å². The number of carbonyl (C=O) groups excluding carboxylic acids is 4. The highest BCUT2D eigenvalue weighted by molar-refractivity contribution is 6.22. The SMILES string of the molecule is CCN(CC)CCNC(=O)c1ccc(NCCCNC(=O)C(Cc2c[nH]c3ccccc23)N2C(=O)c3ccccc3C2=O)cc1. The van der Waals surface area contributed by atoms with Crippen LogP contribution in [0.5, 0.6) is 0 Å². The van der Waals surface area contributed by atoms with Crippen molar-refractivity contribution < 1.29 is 19.2 Å². The number of nitrogens with zero attached hydrogens (tertiary/aromatic N) is 2. The number of hydrogen-bond acceptors (Lipinski definition) is 6. The van der Waals surface area contributed by atoms with Crippen LogP contribution in [0.25, 0.3) is 10.9 Å². The minimum atomic E-state index is -1.00. The van der Waals surface area contributed by atoms with Gasteiger partial charge < -0.3 is 25.8 Å². The molecule has 0 bridgehead atoms. The first-order valence-corrected chi connectivity index (χ1v) is 15.5. The number of carbonyl (C=O) groups is 4. The fourth-order valence-corrected chi connectivity index (χ4v) is 5.66. The largest absolute Gasteiger partial charge is 0.385 e. The number of hydrogen-bond donors (Lipinski definition) is 4. The van der Waals surface area contributed by atoms with Crippen molar-refractivity contribution in [2.24, 2.45) is 0 Å². The number of para-hydroxylation sites is 1. The van der Waals surface area contributed by atoms with Crippen molar-refractivity contribution in [3.8, 4) is 0 Å². The molecule has 10 nitrogen and oxygen atoms in total. The number of amides is 4. The standard InChI is InChI=1S/C35H40N6O4/c1-3-40(4-2)21-20-38-32(42)24-14-16-26(17-15-24)36-18-9-19-37-33(43)31(22-25-23-39-30-13-8-7-10-27(25)30)41-34(44)28-11-5-6-12-29(28)35(41)45/h5-8,10-17,23,31,36,39H,3-4,9,18-22H2,1-2H3,(H,37,43)(H,38,42). The van der Waals surface area contributed by atoms with E-state index in [0.29, 0.717) is 42.7 Å². The number of H-pyrrole nitrogens is 1. The minimum absolute atomic E-state index is 0.100. The molecular weight excluding hydrogens is 568 g/mol. The highest BCUT2D eigenvalue weighted by Gasteiger charge is 2.42. The van der Waals surface area contributed by atoms with Gasteiger partial charge in [-0.05, 0) is 67.5 Å². The molecule has 0 radical (unpaired) electrons. The van der Waals surface area contributed by atoms with Gasteiger partial charge in [-0.1, -0.05) is 44.2 Å². The van der Waals surface area contributed by atoms with Gasteiger partial charge in [-0.25, -0.2) is 0 Å². The van der Waals surface area contributed by atoms with Crippen LogP contribution in [0.1, 0.15) is 56.9 Å². The molecule has 4 aromatic rings. The van der Waals surface area contributed by atoms with Crippen LogP contribution in [-0.4, -0.2) is 83.7 Å². The molecule has 1 atom stereocenters. The molecule has 234 valence electrons. The summed E-state index contributed by atoms with van der Waals surface area (Å²) in [5.74, 6) is -1.40. The number of imide groups is 1. The first kappa shape index (κ1) is 31.5. The van der Waals surface area contributed by atoms with Gasteiger partial charge in [0.05, 0.1) is 11.1 Å². The Bertz CT molecular complexity index is 1630. The van der Waals surface area contributed by atoms with Gasteiger partial charge in [0, 0.05) is 61.0 Å². The van der Waals surface area contributed by atoms with E-state index in [1.165, 1.54) is 0 Å². The van der Waals surface area contributed by atoms with Crippen LogP contribution in [0.2, 0.25) is 0 Å². The van der Waals surface area contributed by atoms with Crippen LogP contribution >= 0.6 is 0 Å². The Kier molecular flexibility index (Phi) is 10.3. The molecule has 1 aliphatic rings. The third-order valence-corrected chi connectivity index (χ3v) is 8.26.